The third kappa shape index (κ3) is 4.87. The Morgan fingerprint density at radius 1 is 1.29 bits per heavy atom. The predicted octanol–water partition coefficient (Wildman–Crippen LogP) is 4.39. The van der Waals surface area contributed by atoms with Crippen molar-refractivity contribution >= 4 is 22.7 Å². The number of nitrogens with zero attached hydrogens (tertiary/aromatic N) is 1. The first-order valence-electron chi connectivity index (χ1n) is 12.0. The lowest BCUT2D eigenvalue weighted by Gasteiger charge is -2.28. The van der Waals surface area contributed by atoms with Crippen molar-refractivity contribution in [1.82, 2.24) is 20.3 Å². The number of H-pyrrole nitrogens is 2. The monoisotopic (exact) mass is 466 g/mol. The number of aliphatic hydroxyl groups excluding tert-OH is 1. The third-order valence-corrected chi connectivity index (χ3v) is 6.44. The lowest BCUT2D eigenvalue weighted by molar-refractivity contribution is 0.0908. The van der Waals surface area contributed by atoms with E-state index in [4.69, 9.17) is 14.8 Å². The summed E-state index contributed by atoms with van der Waals surface area (Å²) in [6.45, 7) is 8.27. The fourth-order valence-electron chi connectivity index (χ4n) is 4.80. The number of hydrogen-bond donors (Lipinski definition) is 4. The fraction of sp³-hybridized carbons (Fsp3) is 0.500. The van der Waals surface area contributed by atoms with E-state index < -0.39 is 0 Å². The largest absolute Gasteiger partial charge is 0.491 e. The minimum absolute atomic E-state index is 0.0535. The van der Waals surface area contributed by atoms with Crippen molar-refractivity contribution < 1.29 is 19.4 Å². The van der Waals surface area contributed by atoms with Crippen LogP contribution < -0.4 is 10.1 Å². The van der Waals surface area contributed by atoms with Crippen molar-refractivity contribution in [2.24, 2.45) is 5.41 Å². The van der Waals surface area contributed by atoms with Crippen LogP contribution in [0.25, 0.3) is 11.0 Å². The molecule has 2 heterocycles. The molecule has 1 aromatic carbocycles. The van der Waals surface area contributed by atoms with Gasteiger partial charge in [-0.1, -0.05) is 33.6 Å². The molecule has 34 heavy (non-hydrogen) atoms. The van der Waals surface area contributed by atoms with E-state index in [1.165, 1.54) is 0 Å². The van der Waals surface area contributed by atoms with Gasteiger partial charge in [-0.2, -0.15) is 0 Å². The Morgan fingerprint density at radius 3 is 2.82 bits per heavy atom. The number of benzene rings is 1. The topological polar surface area (TPSA) is 120 Å². The van der Waals surface area contributed by atoms with Gasteiger partial charge in [0.2, 0.25) is 0 Å². The maximum Gasteiger partial charge on any atom is 0.268 e. The zero-order chi connectivity index (χ0) is 24.5. The molecule has 0 bridgehead atoms. The molecule has 1 atom stereocenters. The summed E-state index contributed by atoms with van der Waals surface area (Å²) in [4.78, 5) is 37.4. The summed E-state index contributed by atoms with van der Waals surface area (Å²) in [7, 11) is 0. The van der Waals surface area contributed by atoms with E-state index in [1.807, 2.05) is 25.1 Å². The number of rotatable bonds is 9. The molecule has 4 rings (SSSR count). The quantitative estimate of drug-likeness (QED) is 0.373. The number of carbonyl (C=O) groups excluding carboxylic acids is 2. The maximum absolute atomic E-state index is 13.3. The van der Waals surface area contributed by atoms with Gasteiger partial charge in [0.25, 0.3) is 5.91 Å². The highest BCUT2D eigenvalue weighted by molar-refractivity contribution is 6.04. The highest BCUT2D eigenvalue weighted by atomic mass is 16.5. The van der Waals surface area contributed by atoms with Crippen LogP contribution in [0.4, 0.5) is 0 Å². The highest BCUT2D eigenvalue weighted by Crippen LogP contribution is 2.37. The summed E-state index contributed by atoms with van der Waals surface area (Å²) >= 11 is 0. The number of aliphatic hydroxyl groups is 1. The molecule has 1 aliphatic rings. The van der Waals surface area contributed by atoms with Crippen LogP contribution in [0.1, 0.15) is 90.4 Å². The maximum atomic E-state index is 13.3. The smallest absolute Gasteiger partial charge is 0.268 e. The summed E-state index contributed by atoms with van der Waals surface area (Å²) in [5.74, 6) is 1.19. The predicted molar refractivity (Wildman–Crippen MR) is 130 cm³/mol. The Bertz CT molecular complexity index is 1210. The summed E-state index contributed by atoms with van der Waals surface area (Å²) in [6, 6.07) is 5.22. The van der Waals surface area contributed by atoms with E-state index >= 15 is 0 Å². The Labute approximate surface area is 199 Å². The second-order valence-electron chi connectivity index (χ2n) is 9.96. The van der Waals surface area contributed by atoms with Crippen molar-refractivity contribution in [1.29, 1.82) is 0 Å². The number of nitrogens with one attached hydrogen (secondary N) is 3. The van der Waals surface area contributed by atoms with Gasteiger partial charge < -0.3 is 25.1 Å². The Balaban J connectivity index is 1.60. The van der Waals surface area contributed by atoms with Gasteiger partial charge in [0.15, 0.2) is 5.78 Å². The van der Waals surface area contributed by atoms with Crippen molar-refractivity contribution in [3.8, 4) is 5.75 Å². The summed E-state index contributed by atoms with van der Waals surface area (Å²) in [5, 5.41) is 12.1. The second-order valence-corrected chi connectivity index (χ2v) is 9.96. The summed E-state index contributed by atoms with van der Waals surface area (Å²) < 4.78 is 5.50. The van der Waals surface area contributed by atoms with Gasteiger partial charge in [-0.15, -0.1) is 0 Å². The van der Waals surface area contributed by atoms with Crippen LogP contribution in [0.15, 0.2) is 18.2 Å². The first-order valence-corrected chi connectivity index (χ1v) is 12.0. The van der Waals surface area contributed by atoms with E-state index in [0.29, 0.717) is 29.3 Å². The van der Waals surface area contributed by atoms with E-state index in [0.717, 1.165) is 48.0 Å². The van der Waals surface area contributed by atoms with Gasteiger partial charge in [-0.3, -0.25) is 9.59 Å². The van der Waals surface area contributed by atoms with Gasteiger partial charge >= 0.3 is 0 Å². The molecule has 8 nitrogen and oxygen atoms in total. The van der Waals surface area contributed by atoms with Crippen molar-refractivity contribution in [3.05, 3.63) is 46.5 Å². The first kappa shape index (κ1) is 24.0. The molecule has 1 amide bonds. The molecule has 2 aromatic heterocycles. The standard InChI is InChI=1S/C26H34N4O4/c1-5-6-7-18(24-28-17-9-8-16(34-11-10-31)12-19(17)29-24)30-25(33)23-15(2)22-20(27-23)13-26(3,4)14-21(22)32/h8-9,12,18,27,31H,5-7,10-11,13-14H2,1-4H3,(H,28,29)(H,30,33). The number of aromatic nitrogens is 3. The van der Waals surface area contributed by atoms with Gasteiger partial charge in [0, 0.05) is 23.7 Å². The zero-order valence-electron chi connectivity index (χ0n) is 20.4. The number of hydrogen-bond acceptors (Lipinski definition) is 5. The van der Waals surface area contributed by atoms with Gasteiger partial charge in [-0.05, 0) is 42.9 Å². The minimum atomic E-state index is -0.298. The Kier molecular flexibility index (Phi) is 6.79. The van der Waals surface area contributed by atoms with Crippen LogP contribution >= 0.6 is 0 Å². The summed E-state index contributed by atoms with van der Waals surface area (Å²) in [5.41, 5.74) is 4.17. The average molecular weight is 467 g/mol. The first-order chi connectivity index (χ1) is 16.2. The molecule has 0 spiro atoms. The Morgan fingerprint density at radius 2 is 2.09 bits per heavy atom. The number of ketones is 1. The van der Waals surface area contributed by atoms with Crippen LogP contribution in [0.5, 0.6) is 5.75 Å². The molecule has 0 saturated heterocycles. The molecule has 0 radical (unpaired) electrons. The number of carbonyl (C=O) groups is 2. The van der Waals surface area contributed by atoms with E-state index in [-0.39, 0.29) is 36.4 Å². The van der Waals surface area contributed by atoms with Crippen molar-refractivity contribution in [3.63, 3.8) is 0 Å². The van der Waals surface area contributed by atoms with Gasteiger partial charge in [0.05, 0.1) is 23.7 Å². The van der Waals surface area contributed by atoms with Crippen LogP contribution in [0, 0.1) is 12.3 Å². The van der Waals surface area contributed by atoms with Crippen LogP contribution in [-0.4, -0.2) is 45.0 Å². The number of imidazole rings is 1. The Hall–Kier alpha value is -3.13. The molecule has 0 fully saturated rings. The van der Waals surface area contributed by atoms with E-state index in [9.17, 15) is 9.59 Å². The minimum Gasteiger partial charge on any atom is -0.491 e. The van der Waals surface area contributed by atoms with Crippen molar-refractivity contribution in [2.45, 2.75) is 65.8 Å². The van der Waals surface area contributed by atoms with E-state index in [1.54, 1.807) is 0 Å². The molecule has 1 aliphatic carbocycles. The molecule has 182 valence electrons. The number of fused-ring (bicyclic) bond motifs is 2. The number of amides is 1. The van der Waals surface area contributed by atoms with Gasteiger partial charge in [0.1, 0.15) is 23.9 Å². The third-order valence-electron chi connectivity index (χ3n) is 6.44. The van der Waals surface area contributed by atoms with E-state index in [2.05, 4.69) is 36.1 Å². The average Bonchev–Trinajstić information content (AvgIpc) is 3.34. The number of ether oxygens (including phenoxy) is 1. The zero-order valence-corrected chi connectivity index (χ0v) is 20.4. The highest BCUT2D eigenvalue weighted by Gasteiger charge is 2.35. The lowest BCUT2D eigenvalue weighted by atomic mass is 9.75. The number of Topliss-reactive ketones (excluding diaryl/α,β-unsaturated/α-hetero) is 1. The molecule has 4 N–H and O–H groups in total. The van der Waals surface area contributed by atoms with Crippen LogP contribution in [0.3, 0.4) is 0 Å². The van der Waals surface area contributed by atoms with Crippen LogP contribution in [0.2, 0.25) is 0 Å². The molecule has 0 saturated carbocycles. The van der Waals surface area contributed by atoms with Crippen molar-refractivity contribution in [2.75, 3.05) is 13.2 Å². The molecule has 1 unspecified atom stereocenters. The molecule has 0 aliphatic heterocycles. The number of aromatic amines is 2. The molecule has 3 aromatic rings. The lowest BCUT2D eigenvalue weighted by Crippen LogP contribution is -2.30. The van der Waals surface area contributed by atoms with Crippen LogP contribution in [-0.2, 0) is 6.42 Å². The summed E-state index contributed by atoms with van der Waals surface area (Å²) in [6.07, 6.45) is 3.89. The van der Waals surface area contributed by atoms with Gasteiger partial charge in [-0.25, -0.2) is 4.98 Å². The fourth-order valence-corrected chi connectivity index (χ4v) is 4.80. The number of unbranched alkanes of at least 4 members (excludes halogenated alkanes) is 1. The second kappa shape index (κ2) is 9.62. The molecule has 8 heteroatoms. The SMILES string of the molecule is CCCCC(NC(=O)c1[nH]c2c(c1C)C(=O)CC(C)(C)C2)c1nc2ccc(OCCO)cc2[nH]1. The molecular formula is C26H34N4O4. The molecular weight excluding hydrogens is 432 g/mol. The normalized spacial score (nSPS) is 15.9.